The van der Waals surface area contributed by atoms with E-state index in [-0.39, 0.29) is 0 Å². The van der Waals surface area contributed by atoms with E-state index >= 15 is 0 Å². The van der Waals surface area contributed by atoms with Gasteiger partial charge in [0.05, 0.1) is 0 Å². The van der Waals surface area contributed by atoms with E-state index < -0.39 is 0 Å². The number of aryl methyl sites for hydroxylation is 2. The van der Waals surface area contributed by atoms with Gasteiger partial charge in [0.1, 0.15) is 0 Å². The summed E-state index contributed by atoms with van der Waals surface area (Å²) in [5, 5.41) is 3.17. The highest BCUT2D eigenvalue weighted by atomic mass is 32.2. The SMILES string of the molecule is CNCc1ccc(SCc2cc(C)cc(C)c2)cc1. The summed E-state index contributed by atoms with van der Waals surface area (Å²) in [4.78, 5) is 1.33. The Bertz CT molecular complexity index is 511. The van der Waals surface area contributed by atoms with Gasteiger partial charge < -0.3 is 5.32 Å². The first kappa shape index (κ1) is 14.2. The molecule has 0 amide bonds. The van der Waals surface area contributed by atoms with Crippen molar-refractivity contribution in [3.63, 3.8) is 0 Å². The van der Waals surface area contributed by atoms with Gasteiger partial charge in [-0.15, -0.1) is 11.8 Å². The van der Waals surface area contributed by atoms with Gasteiger partial charge in [-0.05, 0) is 44.2 Å². The average Bonchev–Trinajstić information content (AvgIpc) is 2.37. The highest BCUT2D eigenvalue weighted by molar-refractivity contribution is 7.98. The normalized spacial score (nSPS) is 10.7. The largest absolute Gasteiger partial charge is 0.316 e. The van der Waals surface area contributed by atoms with E-state index in [1.165, 1.54) is 27.1 Å². The highest BCUT2D eigenvalue weighted by Crippen LogP contribution is 2.24. The molecule has 19 heavy (non-hydrogen) atoms. The van der Waals surface area contributed by atoms with Crippen LogP contribution in [0.15, 0.2) is 47.4 Å². The van der Waals surface area contributed by atoms with Gasteiger partial charge in [0.15, 0.2) is 0 Å². The van der Waals surface area contributed by atoms with Crippen molar-refractivity contribution in [2.75, 3.05) is 7.05 Å². The topological polar surface area (TPSA) is 12.0 Å². The van der Waals surface area contributed by atoms with Crippen LogP contribution in [0, 0.1) is 13.8 Å². The van der Waals surface area contributed by atoms with Crippen molar-refractivity contribution in [1.82, 2.24) is 5.32 Å². The molecule has 0 bridgehead atoms. The Hall–Kier alpha value is -1.25. The predicted molar refractivity (Wildman–Crippen MR) is 84.7 cm³/mol. The Labute approximate surface area is 120 Å². The van der Waals surface area contributed by atoms with Crippen LogP contribution >= 0.6 is 11.8 Å². The maximum atomic E-state index is 3.17. The molecule has 2 aromatic carbocycles. The molecule has 0 aliphatic carbocycles. The molecule has 0 atom stereocenters. The van der Waals surface area contributed by atoms with E-state index in [1.54, 1.807) is 0 Å². The summed E-state index contributed by atoms with van der Waals surface area (Å²) in [7, 11) is 1.97. The molecule has 0 aliphatic rings. The van der Waals surface area contributed by atoms with Crippen molar-refractivity contribution < 1.29 is 0 Å². The maximum Gasteiger partial charge on any atom is 0.0232 e. The summed E-state index contributed by atoms with van der Waals surface area (Å²) >= 11 is 1.90. The molecule has 1 N–H and O–H groups in total. The number of nitrogens with one attached hydrogen (secondary N) is 1. The van der Waals surface area contributed by atoms with Crippen LogP contribution < -0.4 is 5.32 Å². The number of hydrogen-bond acceptors (Lipinski definition) is 2. The smallest absolute Gasteiger partial charge is 0.0232 e. The first-order valence-corrected chi connectivity index (χ1v) is 7.59. The van der Waals surface area contributed by atoms with Crippen LogP contribution in [-0.2, 0) is 12.3 Å². The van der Waals surface area contributed by atoms with Gasteiger partial charge in [0.2, 0.25) is 0 Å². The molecule has 0 aliphatic heterocycles. The Balaban J connectivity index is 1.98. The van der Waals surface area contributed by atoms with Crippen molar-refractivity contribution in [1.29, 1.82) is 0 Å². The molecule has 2 rings (SSSR count). The van der Waals surface area contributed by atoms with Crippen LogP contribution in [0.1, 0.15) is 22.3 Å². The zero-order valence-corrected chi connectivity index (χ0v) is 12.7. The summed E-state index contributed by atoms with van der Waals surface area (Å²) in [6.07, 6.45) is 0. The lowest BCUT2D eigenvalue weighted by Crippen LogP contribution is -2.04. The van der Waals surface area contributed by atoms with Gasteiger partial charge in [-0.25, -0.2) is 0 Å². The highest BCUT2D eigenvalue weighted by Gasteiger charge is 1.99. The van der Waals surface area contributed by atoms with Gasteiger partial charge in [0.25, 0.3) is 0 Å². The Morgan fingerprint density at radius 2 is 1.53 bits per heavy atom. The Kier molecular flexibility index (Phi) is 5.06. The van der Waals surface area contributed by atoms with Crippen molar-refractivity contribution in [2.24, 2.45) is 0 Å². The third-order valence-corrected chi connectivity index (χ3v) is 4.07. The molecule has 0 saturated heterocycles. The van der Waals surface area contributed by atoms with Crippen molar-refractivity contribution >= 4 is 11.8 Å². The van der Waals surface area contributed by atoms with Gasteiger partial charge in [-0.2, -0.15) is 0 Å². The minimum Gasteiger partial charge on any atom is -0.316 e. The second kappa shape index (κ2) is 6.78. The summed E-state index contributed by atoms with van der Waals surface area (Å²) in [6, 6.07) is 15.6. The Morgan fingerprint density at radius 1 is 0.895 bits per heavy atom. The predicted octanol–water partition coefficient (Wildman–Crippen LogP) is 4.32. The van der Waals surface area contributed by atoms with Crippen LogP contribution in [0.3, 0.4) is 0 Å². The van der Waals surface area contributed by atoms with Crippen LogP contribution in [0.5, 0.6) is 0 Å². The third-order valence-electron chi connectivity index (χ3n) is 2.99. The number of thioether (sulfide) groups is 1. The molecule has 0 unspecified atom stereocenters. The molecule has 2 heteroatoms. The summed E-state index contributed by atoms with van der Waals surface area (Å²) < 4.78 is 0. The lowest BCUT2D eigenvalue weighted by Gasteiger charge is -2.06. The minimum absolute atomic E-state index is 0.933. The fourth-order valence-electron chi connectivity index (χ4n) is 2.23. The summed E-state index contributed by atoms with van der Waals surface area (Å²) in [5.41, 5.74) is 5.43. The molecule has 2 aromatic rings. The molecule has 0 radical (unpaired) electrons. The zero-order chi connectivity index (χ0) is 13.7. The minimum atomic E-state index is 0.933. The van der Waals surface area contributed by atoms with Crippen LogP contribution in [-0.4, -0.2) is 7.05 Å². The quantitative estimate of drug-likeness (QED) is 0.813. The van der Waals surface area contributed by atoms with Crippen LogP contribution in [0.25, 0.3) is 0 Å². The van der Waals surface area contributed by atoms with Crippen molar-refractivity contribution in [2.45, 2.75) is 31.0 Å². The second-order valence-electron chi connectivity index (χ2n) is 4.96. The third kappa shape index (κ3) is 4.41. The fraction of sp³-hybridized carbons (Fsp3) is 0.294. The van der Waals surface area contributed by atoms with Crippen LogP contribution in [0.2, 0.25) is 0 Å². The number of benzene rings is 2. The molecule has 0 spiro atoms. The van der Waals surface area contributed by atoms with E-state index in [9.17, 15) is 0 Å². The number of hydrogen-bond donors (Lipinski definition) is 1. The molecule has 0 saturated carbocycles. The fourth-order valence-corrected chi connectivity index (χ4v) is 3.06. The maximum absolute atomic E-state index is 3.17. The lowest BCUT2D eigenvalue weighted by atomic mass is 10.1. The van der Waals surface area contributed by atoms with Gasteiger partial charge in [-0.3, -0.25) is 0 Å². The van der Waals surface area contributed by atoms with Gasteiger partial charge in [-0.1, -0.05) is 41.5 Å². The van der Waals surface area contributed by atoms with Crippen molar-refractivity contribution in [3.8, 4) is 0 Å². The molecule has 1 nitrogen and oxygen atoms in total. The molecule has 0 aromatic heterocycles. The zero-order valence-electron chi connectivity index (χ0n) is 11.9. The first-order valence-electron chi connectivity index (χ1n) is 6.61. The van der Waals surface area contributed by atoms with Gasteiger partial charge in [0, 0.05) is 17.2 Å². The Morgan fingerprint density at radius 3 is 2.11 bits per heavy atom. The molecule has 0 fully saturated rings. The summed E-state index contributed by atoms with van der Waals surface area (Å²) in [5.74, 6) is 1.04. The summed E-state index contributed by atoms with van der Waals surface area (Å²) in [6.45, 7) is 5.25. The average molecular weight is 271 g/mol. The lowest BCUT2D eigenvalue weighted by molar-refractivity contribution is 0.817. The van der Waals surface area contributed by atoms with E-state index in [1.807, 2.05) is 18.8 Å². The van der Waals surface area contributed by atoms with E-state index in [0.717, 1.165) is 12.3 Å². The van der Waals surface area contributed by atoms with Crippen molar-refractivity contribution in [3.05, 3.63) is 64.7 Å². The first-order chi connectivity index (χ1) is 9.17. The monoisotopic (exact) mass is 271 g/mol. The molecule has 0 heterocycles. The van der Waals surface area contributed by atoms with E-state index in [4.69, 9.17) is 0 Å². The molecular formula is C17H21NS. The van der Waals surface area contributed by atoms with E-state index in [0.29, 0.717) is 0 Å². The molecule has 100 valence electrons. The standard InChI is InChI=1S/C17H21NS/c1-13-8-14(2)10-16(9-13)12-19-17-6-4-15(5-7-17)11-18-3/h4-10,18H,11-12H2,1-3H3. The van der Waals surface area contributed by atoms with E-state index in [2.05, 4.69) is 61.6 Å². The second-order valence-corrected chi connectivity index (χ2v) is 6.01. The number of rotatable bonds is 5. The molecular weight excluding hydrogens is 250 g/mol. The van der Waals surface area contributed by atoms with Gasteiger partial charge >= 0.3 is 0 Å². The van der Waals surface area contributed by atoms with Crippen LogP contribution in [0.4, 0.5) is 0 Å².